The Kier molecular flexibility index (Phi) is 14.5. The van der Waals surface area contributed by atoms with Gasteiger partial charge in [-0.05, 0) is 33.1 Å². The van der Waals surface area contributed by atoms with Crippen molar-refractivity contribution in [1.82, 2.24) is 4.57 Å². The lowest BCUT2D eigenvalue weighted by molar-refractivity contribution is -0.704. The summed E-state index contributed by atoms with van der Waals surface area (Å²) in [5.74, 6) is 1.56. The third-order valence-corrected chi connectivity index (χ3v) is 5.85. The average Bonchev–Trinajstić information content (AvgIpc) is 3.06. The molecule has 0 aromatic carbocycles. The normalized spacial score (nSPS) is 11.6. The molecule has 0 bridgehead atoms. The van der Waals surface area contributed by atoms with Gasteiger partial charge < -0.3 is 0 Å². The number of unbranched alkanes of at least 4 members (excludes halogenated alkanes) is 13. The first-order valence-corrected chi connectivity index (χ1v) is 12.3. The van der Waals surface area contributed by atoms with Gasteiger partial charge in [-0.3, -0.25) is 0 Å². The number of nitrogens with zero attached hydrogens (tertiary/aromatic N) is 2. The number of aryl methyl sites for hydroxylation is 1. The van der Waals surface area contributed by atoms with Gasteiger partial charge in [0.1, 0.15) is 12.4 Å². The number of hydrogen-bond acceptors (Lipinski definition) is 0. The Morgan fingerprint density at radius 1 is 0.704 bits per heavy atom. The Balaban J connectivity index is 2.26. The molecule has 1 aromatic rings. The van der Waals surface area contributed by atoms with E-state index in [0.29, 0.717) is 6.04 Å². The third kappa shape index (κ3) is 11.0. The molecule has 0 radical (unpaired) electrons. The Hall–Kier alpha value is -0.790. The predicted molar refractivity (Wildman–Crippen MR) is 119 cm³/mol. The van der Waals surface area contributed by atoms with Crippen molar-refractivity contribution in [2.75, 3.05) is 0 Å². The molecule has 1 rings (SSSR count). The zero-order chi connectivity index (χ0) is 19.7. The standard InChI is InChI=1S/C25H49N2/c1-5-7-9-11-12-13-14-15-16-18-20-25-26(21-19-17-10-8-6-2)22-23-27(25)24(3)4/h22-24H,5-21H2,1-4H3/q+1. The molecule has 0 N–H and O–H groups in total. The van der Waals surface area contributed by atoms with Crippen LogP contribution in [-0.4, -0.2) is 4.57 Å². The predicted octanol–water partition coefficient (Wildman–Crippen LogP) is 7.79. The molecule has 1 heterocycles. The molecule has 1 aromatic heterocycles. The second-order valence-corrected chi connectivity index (χ2v) is 8.75. The fraction of sp³-hybridized carbons (Fsp3) is 0.880. The Bertz CT molecular complexity index is 447. The van der Waals surface area contributed by atoms with E-state index in [2.05, 4.69) is 49.2 Å². The second kappa shape index (κ2) is 16.2. The quantitative estimate of drug-likeness (QED) is 0.182. The van der Waals surface area contributed by atoms with Crippen LogP contribution < -0.4 is 4.57 Å². The Labute approximate surface area is 170 Å². The van der Waals surface area contributed by atoms with E-state index in [9.17, 15) is 0 Å². The van der Waals surface area contributed by atoms with Crippen molar-refractivity contribution in [2.45, 2.75) is 143 Å². The highest BCUT2D eigenvalue weighted by molar-refractivity contribution is 4.86. The van der Waals surface area contributed by atoms with Gasteiger partial charge in [-0.25, -0.2) is 9.13 Å². The van der Waals surface area contributed by atoms with Gasteiger partial charge >= 0.3 is 0 Å². The highest BCUT2D eigenvalue weighted by Crippen LogP contribution is 2.14. The second-order valence-electron chi connectivity index (χ2n) is 8.75. The van der Waals surface area contributed by atoms with E-state index in [4.69, 9.17) is 0 Å². The summed E-state index contributed by atoms with van der Waals surface area (Å²) in [7, 11) is 0. The van der Waals surface area contributed by atoms with Crippen LogP contribution in [0.25, 0.3) is 0 Å². The van der Waals surface area contributed by atoms with Crippen LogP contribution in [0.5, 0.6) is 0 Å². The van der Waals surface area contributed by atoms with Gasteiger partial charge in [0.2, 0.25) is 0 Å². The fourth-order valence-electron chi connectivity index (χ4n) is 4.08. The van der Waals surface area contributed by atoms with Gasteiger partial charge in [0, 0.05) is 6.42 Å². The summed E-state index contributed by atoms with van der Waals surface area (Å²) in [6.45, 7) is 10.4. The maximum atomic E-state index is 2.54. The molecule has 0 spiro atoms. The van der Waals surface area contributed by atoms with Crippen LogP contribution in [0.3, 0.4) is 0 Å². The molecule has 0 atom stereocenters. The molecule has 0 aliphatic heterocycles. The zero-order valence-corrected chi connectivity index (χ0v) is 19.1. The molecule has 0 aliphatic rings. The largest absolute Gasteiger partial charge is 0.256 e. The summed E-state index contributed by atoms with van der Waals surface area (Å²) in [6, 6.07) is 0.574. The lowest BCUT2D eigenvalue weighted by Gasteiger charge is -2.08. The Morgan fingerprint density at radius 3 is 1.70 bits per heavy atom. The fourth-order valence-corrected chi connectivity index (χ4v) is 4.08. The maximum Gasteiger partial charge on any atom is 0.256 e. The van der Waals surface area contributed by atoms with Crippen LogP contribution in [0.15, 0.2) is 12.4 Å². The van der Waals surface area contributed by atoms with Crippen molar-refractivity contribution >= 4 is 0 Å². The summed E-state index contributed by atoms with van der Waals surface area (Å²) < 4.78 is 5.04. The lowest BCUT2D eigenvalue weighted by atomic mass is 10.1. The van der Waals surface area contributed by atoms with Crippen molar-refractivity contribution in [2.24, 2.45) is 0 Å². The first-order valence-electron chi connectivity index (χ1n) is 12.3. The number of hydrogen-bond donors (Lipinski definition) is 0. The molecule has 0 saturated heterocycles. The maximum absolute atomic E-state index is 2.54. The van der Waals surface area contributed by atoms with E-state index in [1.54, 1.807) is 5.82 Å². The van der Waals surface area contributed by atoms with Crippen LogP contribution in [0.2, 0.25) is 0 Å². The van der Waals surface area contributed by atoms with Crippen LogP contribution in [0, 0.1) is 0 Å². The molecule has 0 fully saturated rings. The molecule has 0 amide bonds. The molecule has 27 heavy (non-hydrogen) atoms. The van der Waals surface area contributed by atoms with Crippen LogP contribution >= 0.6 is 0 Å². The molecular formula is C25H49N2+. The molecule has 0 saturated carbocycles. The van der Waals surface area contributed by atoms with Crippen molar-refractivity contribution in [3.63, 3.8) is 0 Å². The van der Waals surface area contributed by atoms with Crippen molar-refractivity contribution in [3.8, 4) is 0 Å². The monoisotopic (exact) mass is 377 g/mol. The number of rotatable bonds is 18. The molecule has 2 heteroatoms. The molecule has 0 unspecified atom stereocenters. The van der Waals surface area contributed by atoms with E-state index in [-0.39, 0.29) is 0 Å². The minimum absolute atomic E-state index is 0.574. The Morgan fingerprint density at radius 2 is 1.19 bits per heavy atom. The van der Waals surface area contributed by atoms with Gasteiger partial charge in [-0.2, -0.15) is 0 Å². The van der Waals surface area contributed by atoms with Gasteiger partial charge in [-0.15, -0.1) is 0 Å². The molecular weight excluding hydrogens is 328 g/mol. The zero-order valence-electron chi connectivity index (χ0n) is 19.1. The number of imidazole rings is 1. The molecule has 0 aliphatic carbocycles. The van der Waals surface area contributed by atoms with Gasteiger partial charge in [-0.1, -0.05) is 90.9 Å². The summed E-state index contributed by atoms with van der Waals surface area (Å²) in [6.07, 6.45) is 26.9. The average molecular weight is 378 g/mol. The topological polar surface area (TPSA) is 8.81 Å². The van der Waals surface area contributed by atoms with Crippen LogP contribution in [-0.2, 0) is 13.0 Å². The number of aromatic nitrogens is 2. The summed E-state index contributed by atoms with van der Waals surface area (Å²) >= 11 is 0. The SMILES string of the molecule is CCCCCCCCCCCCc1n(C(C)C)cc[n+]1CCCCCCC. The van der Waals surface area contributed by atoms with Gasteiger partial charge in [0.05, 0.1) is 12.6 Å². The third-order valence-electron chi connectivity index (χ3n) is 5.85. The summed E-state index contributed by atoms with van der Waals surface area (Å²) in [5.41, 5.74) is 0. The van der Waals surface area contributed by atoms with Crippen LogP contribution in [0.4, 0.5) is 0 Å². The molecule has 158 valence electrons. The smallest absolute Gasteiger partial charge is 0.234 e. The first-order chi connectivity index (χ1) is 13.2. The van der Waals surface area contributed by atoms with E-state index < -0.39 is 0 Å². The minimum atomic E-state index is 0.574. The summed E-state index contributed by atoms with van der Waals surface area (Å²) in [5, 5.41) is 0. The lowest BCUT2D eigenvalue weighted by Crippen LogP contribution is -2.37. The van der Waals surface area contributed by atoms with E-state index in [1.165, 1.54) is 109 Å². The minimum Gasteiger partial charge on any atom is -0.234 e. The highest BCUT2D eigenvalue weighted by atomic mass is 15.2. The van der Waals surface area contributed by atoms with Gasteiger partial charge in [0.15, 0.2) is 0 Å². The van der Waals surface area contributed by atoms with Crippen LogP contribution in [0.1, 0.15) is 136 Å². The van der Waals surface area contributed by atoms with Gasteiger partial charge in [0.25, 0.3) is 5.82 Å². The van der Waals surface area contributed by atoms with Crippen molar-refractivity contribution in [3.05, 3.63) is 18.2 Å². The molecule has 2 nitrogen and oxygen atoms in total. The van der Waals surface area contributed by atoms with Crippen molar-refractivity contribution in [1.29, 1.82) is 0 Å². The van der Waals surface area contributed by atoms with E-state index in [0.717, 1.165) is 0 Å². The first kappa shape index (κ1) is 24.2. The summed E-state index contributed by atoms with van der Waals surface area (Å²) in [4.78, 5) is 0. The van der Waals surface area contributed by atoms with E-state index in [1.807, 2.05) is 0 Å². The highest BCUT2D eigenvalue weighted by Gasteiger charge is 2.18. The van der Waals surface area contributed by atoms with E-state index >= 15 is 0 Å². The van der Waals surface area contributed by atoms with Crippen molar-refractivity contribution < 1.29 is 4.57 Å².